The summed E-state index contributed by atoms with van der Waals surface area (Å²) in [4.78, 5) is 26.5. The van der Waals surface area contributed by atoms with Crippen LogP contribution in [0.15, 0.2) is 40.2 Å². The molecule has 3 aromatic rings. The lowest BCUT2D eigenvalue weighted by atomic mass is 10.1. The fourth-order valence-corrected chi connectivity index (χ4v) is 4.32. The molecule has 152 valence electrons. The molecule has 1 unspecified atom stereocenters. The number of hydrogen-bond acceptors (Lipinski definition) is 6. The summed E-state index contributed by atoms with van der Waals surface area (Å²) in [6.07, 6.45) is 6.26. The second kappa shape index (κ2) is 7.50. The van der Waals surface area contributed by atoms with Crippen LogP contribution in [0.1, 0.15) is 37.1 Å². The molecule has 0 amide bonds. The Morgan fingerprint density at radius 1 is 1.24 bits per heavy atom. The van der Waals surface area contributed by atoms with E-state index in [1.807, 2.05) is 19.1 Å². The first-order chi connectivity index (χ1) is 13.7. The van der Waals surface area contributed by atoms with Gasteiger partial charge in [0, 0.05) is 17.2 Å². The first-order valence-corrected chi connectivity index (χ1v) is 11.8. The van der Waals surface area contributed by atoms with Crippen molar-refractivity contribution in [3.63, 3.8) is 0 Å². The molecule has 1 saturated carbocycles. The minimum Gasteiger partial charge on any atom is -0.287 e. The Labute approximate surface area is 174 Å². The van der Waals surface area contributed by atoms with Crippen molar-refractivity contribution in [2.75, 3.05) is 6.26 Å². The highest BCUT2D eigenvalue weighted by Crippen LogP contribution is 2.39. The number of nitrogens with one attached hydrogen (secondary N) is 1. The van der Waals surface area contributed by atoms with Crippen molar-refractivity contribution in [3.05, 3.63) is 57.4 Å². The molecule has 2 heterocycles. The normalized spacial score (nSPS) is 17.2. The van der Waals surface area contributed by atoms with Crippen molar-refractivity contribution in [2.24, 2.45) is 5.92 Å². The molecule has 2 aromatic heterocycles. The Balaban J connectivity index is 1.68. The van der Waals surface area contributed by atoms with Crippen LogP contribution >= 0.6 is 11.6 Å². The minimum absolute atomic E-state index is 0.0340. The molecular formula is C20H22ClN5O2S. The van der Waals surface area contributed by atoms with Crippen LogP contribution in [0.3, 0.4) is 0 Å². The summed E-state index contributed by atoms with van der Waals surface area (Å²) in [5.41, 5.74) is 2.38. The van der Waals surface area contributed by atoms with Crippen LogP contribution in [0.4, 0.5) is 0 Å². The molecule has 1 aliphatic rings. The lowest BCUT2D eigenvalue weighted by Gasteiger charge is -2.17. The molecule has 4 rings (SSSR count). The molecule has 2 atom stereocenters. The summed E-state index contributed by atoms with van der Waals surface area (Å²) >= 11 is 5.97. The molecule has 0 radical (unpaired) electrons. The monoisotopic (exact) mass is 431 g/mol. The average Bonchev–Trinajstić information content (AvgIpc) is 3.51. The smallest absolute Gasteiger partial charge is 0.274 e. The SMILES string of the molecule is C[C@@H](C1CC1)n1c(=O)c(CCc2ccc(S(C)(=N)=O)cc2)nc2cnc(Cl)nc21. The number of aryl methyl sites for hydroxylation is 2. The van der Waals surface area contributed by atoms with Crippen LogP contribution in [0.5, 0.6) is 0 Å². The number of hydrogen-bond donors (Lipinski definition) is 1. The molecule has 1 aliphatic carbocycles. The van der Waals surface area contributed by atoms with E-state index in [4.69, 9.17) is 16.4 Å². The van der Waals surface area contributed by atoms with E-state index in [0.717, 1.165) is 18.4 Å². The van der Waals surface area contributed by atoms with Crippen molar-refractivity contribution >= 4 is 32.5 Å². The van der Waals surface area contributed by atoms with E-state index in [1.165, 1.54) is 6.26 Å². The van der Waals surface area contributed by atoms with Crippen LogP contribution in [0.25, 0.3) is 11.2 Å². The summed E-state index contributed by atoms with van der Waals surface area (Å²) in [6, 6.07) is 7.15. The van der Waals surface area contributed by atoms with E-state index in [2.05, 4.69) is 15.0 Å². The summed E-state index contributed by atoms with van der Waals surface area (Å²) in [5.74, 6) is 0.473. The zero-order valence-corrected chi connectivity index (χ0v) is 17.8. The van der Waals surface area contributed by atoms with Gasteiger partial charge < -0.3 is 0 Å². The molecule has 0 aliphatic heterocycles. The van der Waals surface area contributed by atoms with Gasteiger partial charge in [-0.1, -0.05) is 12.1 Å². The Morgan fingerprint density at radius 2 is 1.93 bits per heavy atom. The zero-order chi connectivity index (χ0) is 20.8. The summed E-state index contributed by atoms with van der Waals surface area (Å²) in [6.45, 7) is 2.04. The van der Waals surface area contributed by atoms with E-state index in [1.54, 1.807) is 22.9 Å². The van der Waals surface area contributed by atoms with E-state index in [-0.39, 0.29) is 16.9 Å². The van der Waals surface area contributed by atoms with Gasteiger partial charge in [-0.3, -0.25) is 9.36 Å². The number of halogens is 1. The Bertz CT molecular complexity index is 1230. The molecule has 1 aromatic carbocycles. The fourth-order valence-electron chi connectivity index (χ4n) is 3.54. The first-order valence-electron chi connectivity index (χ1n) is 9.50. The summed E-state index contributed by atoms with van der Waals surface area (Å²) in [5, 5.41) is 0.102. The molecule has 29 heavy (non-hydrogen) atoms. The van der Waals surface area contributed by atoms with Crippen LogP contribution < -0.4 is 5.56 Å². The maximum Gasteiger partial charge on any atom is 0.274 e. The topological polar surface area (TPSA) is 102 Å². The second-order valence-electron chi connectivity index (χ2n) is 7.65. The standard InChI is InChI=1S/C20H22ClN5O2S/c1-12(14-6-7-14)26-18-17(11-23-20(21)25-18)24-16(19(26)27)10-5-13-3-8-15(9-4-13)29(2,22)28/h3-4,8-9,11-12,14,22H,5-7,10H2,1-2H3/t12-,29?/m0/s1. The predicted octanol–water partition coefficient (Wildman–Crippen LogP) is 3.63. The second-order valence-corrected chi connectivity index (χ2v) is 10.1. The Morgan fingerprint density at radius 3 is 2.55 bits per heavy atom. The molecule has 0 saturated heterocycles. The van der Waals surface area contributed by atoms with Gasteiger partial charge in [0.2, 0.25) is 5.28 Å². The lowest BCUT2D eigenvalue weighted by Crippen LogP contribution is -2.30. The van der Waals surface area contributed by atoms with Crippen LogP contribution in [-0.2, 0) is 22.6 Å². The van der Waals surface area contributed by atoms with Gasteiger partial charge in [0.15, 0.2) is 5.65 Å². The van der Waals surface area contributed by atoms with Crippen LogP contribution in [0, 0.1) is 10.7 Å². The highest BCUT2D eigenvalue weighted by molar-refractivity contribution is 7.91. The lowest BCUT2D eigenvalue weighted by molar-refractivity contribution is 0.478. The van der Waals surface area contributed by atoms with Gasteiger partial charge in [-0.15, -0.1) is 0 Å². The van der Waals surface area contributed by atoms with Gasteiger partial charge >= 0.3 is 0 Å². The van der Waals surface area contributed by atoms with Gasteiger partial charge in [-0.25, -0.2) is 19.0 Å². The van der Waals surface area contributed by atoms with E-state index in [0.29, 0.717) is 40.5 Å². The van der Waals surface area contributed by atoms with Gasteiger partial charge in [0.1, 0.15) is 11.2 Å². The summed E-state index contributed by atoms with van der Waals surface area (Å²) in [7, 11) is -2.73. The van der Waals surface area contributed by atoms with Crippen LogP contribution in [0.2, 0.25) is 5.28 Å². The maximum atomic E-state index is 13.2. The quantitative estimate of drug-likeness (QED) is 0.600. The Hall–Kier alpha value is -2.32. The predicted molar refractivity (Wildman–Crippen MR) is 113 cm³/mol. The van der Waals surface area contributed by atoms with E-state index in [9.17, 15) is 9.00 Å². The largest absolute Gasteiger partial charge is 0.287 e. The van der Waals surface area contributed by atoms with Gasteiger partial charge in [-0.05, 0) is 67.8 Å². The molecule has 1 N–H and O–H groups in total. The minimum atomic E-state index is -2.73. The van der Waals surface area contributed by atoms with Crippen molar-refractivity contribution in [3.8, 4) is 0 Å². The van der Waals surface area contributed by atoms with Crippen molar-refractivity contribution in [1.29, 1.82) is 4.78 Å². The molecule has 1 fully saturated rings. The maximum absolute atomic E-state index is 13.2. The number of nitrogens with zero attached hydrogens (tertiary/aromatic N) is 4. The highest BCUT2D eigenvalue weighted by atomic mass is 35.5. The third-order valence-corrected chi connectivity index (χ3v) is 6.76. The van der Waals surface area contributed by atoms with Crippen LogP contribution in [-0.4, -0.2) is 30.0 Å². The van der Waals surface area contributed by atoms with Crippen molar-refractivity contribution in [2.45, 2.75) is 43.5 Å². The molecule has 0 spiro atoms. The Kier molecular flexibility index (Phi) is 5.16. The average molecular weight is 432 g/mol. The van der Waals surface area contributed by atoms with Crippen molar-refractivity contribution in [1.82, 2.24) is 19.5 Å². The third-order valence-electron chi connectivity index (χ3n) is 5.40. The van der Waals surface area contributed by atoms with Gasteiger partial charge in [-0.2, -0.15) is 4.98 Å². The fraction of sp³-hybridized carbons (Fsp3) is 0.400. The summed E-state index contributed by atoms with van der Waals surface area (Å²) < 4.78 is 21.2. The molecule has 7 nitrogen and oxygen atoms in total. The molecule has 9 heteroatoms. The van der Waals surface area contributed by atoms with E-state index < -0.39 is 9.73 Å². The molecular weight excluding hydrogens is 410 g/mol. The van der Waals surface area contributed by atoms with Gasteiger partial charge in [0.25, 0.3) is 5.56 Å². The third kappa shape index (κ3) is 4.18. The van der Waals surface area contributed by atoms with E-state index >= 15 is 0 Å². The van der Waals surface area contributed by atoms with Crippen molar-refractivity contribution < 1.29 is 4.21 Å². The molecule has 0 bridgehead atoms. The highest BCUT2D eigenvalue weighted by Gasteiger charge is 2.31. The number of benzene rings is 1. The van der Waals surface area contributed by atoms with Gasteiger partial charge in [0.05, 0.1) is 15.9 Å². The zero-order valence-electron chi connectivity index (χ0n) is 16.3. The number of rotatable bonds is 6. The first kappa shape index (κ1) is 20.0. The number of aromatic nitrogens is 4. The number of fused-ring (bicyclic) bond motifs is 1.